The number of carbonyl (C=O) groups is 3. The summed E-state index contributed by atoms with van der Waals surface area (Å²) in [4.78, 5) is 45.4. The molecule has 2 aromatic carbocycles. The van der Waals surface area contributed by atoms with Crippen LogP contribution in [-0.2, 0) is 31.0 Å². The first-order valence-corrected chi connectivity index (χ1v) is 11.8. The van der Waals surface area contributed by atoms with Crippen LogP contribution in [0.3, 0.4) is 0 Å². The Bertz CT molecular complexity index is 1490. The summed E-state index contributed by atoms with van der Waals surface area (Å²) in [7, 11) is 1.21. The molecule has 2 aliphatic rings. The molecule has 0 aliphatic carbocycles. The highest BCUT2D eigenvalue weighted by atomic mass is 35.5. The van der Waals surface area contributed by atoms with Gasteiger partial charge in [0, 0.05) is 34.2 Å². The Morgan fingerprint density at radius 1 is 1.19 bits per heavy atom. The summed E-state index contributed by atoms with van der Waals surface area (Å²) in [6.45, 7) is 2.09. The first kappa shape index (κ1) is 23.7. The zero-order chi connectivity index (χ0) is 25.6. The van der Waals surface area contributed by atoms with E-state index < -0.39 is 23.3 Å². The molecule has 1 atom stereocenters. The van der Waals surface area contributed by atoms with Gasteiger partial charge in [-0.2, -0.15) is 0 Å². The van der Waals surface area contributed by atoms with E-state index in [0.717, 1.165) is 16.5 Å². The van der Waals surface area contributed by atoms with Crippen LogP contribution >= 0.6 is 11.6 Å². The number of phenolic OH excluding ortho intramolecular Hbond substituents is 1. The average Bonchev–Trinajstić information content (AvgIpc) is 3.27. The number of Topliss-reactive ketones (excluding diaryl/α,β-unsaturated/α-hetero) is 1. The van der Waals surface area contributed by atoms with E-state index in [1.165, 1.54) is 37.6 Å². The molecule has 0 fully saturated rings. The molecule has 36 heavy (non-hydrogen) atoms. The number of fused-ring (bicyclic) bond motifs is 5. The molecule has 184 valence electrons. The summed E-state index contributed by atoms with van der Waals surface area (Å²) in [6, 6.07) is 11.8. The van der Waals surface area contributed by atoms with Gasteiger partial charge in [0.05, 0.1) is 30.5 Å². The Labute approximate surface area is 211 Å². The number of hydrogen-bond donors (Lipinski definition) is 2. The average molecular weight is 507 g/mol. The number of ether oxygens (including phenoxy) is 2. The van der Waals surface area contributed by atoms with Crippen LogP contribution in [0.1, 0.15) is 28.5 Å². The molecule has 2 N–H and O–H groups in total. The normalized spacial score (nSPS) is 18.6. The minimum atomic E-state index is -1.68. The maximum Gasteiger partial charge on any atom is 0.343 e. The van der Waals surface area contributed by atoms with Gasteiger partial charge < -0.3 is 24.5 Å². The van der Waals surface area contributed by atoms with Crippen LogP contribution in [0.25, 0.3) is 10.9 Å². The van der Waals surface area contributed by atoms with Crippen molar-refractivity contribution in [3.8, 4) is 5.75 Å². The van der Waals surface area contributed by atoms with E-state index in [0.29, 0.717) is 18.7 Å². The molecule has 2 aliphatic heterocycles. The fraction of sp³-hybridized carbons (Fsp3) is 0.222. The van der Waals surface area contributed by atoms with Gasteiger partial charge in [0.1, 0.15) is 5.75 Å². The number of ketones is 1. The van der Waals surface area contributed by atoms with Gasteiger partial charge in [-0.1, -0.05) is 29.8 Å². The van der Waals surface area contributed by atoms with Gasteiger partial charge in [-0.25, -0.2) is 9.59 Å². The zero-order valence-corrected chi connectivity index (χ0v) is 20.4. The largest absolute Gasteiger partial charge is 0.507 e. The third-order valence-corrected chi connectivity index (χ3v) is 6.87. The Morgan fingerprint density at radius 2 is 1.97 bits per heavy atom. The number of aromatic hydroxyl groups is 1. The zero-order valence-electron chi connectivity index (χ0n) is 19.6. The van der Waals surface area contributed by atoms with E-state index >= 15 is 0 Å². The second-order valence-corrected chi connectivity index (χ2v) is 8.96. The number of nitrogens with one attached hydrogen (secondary N) is 1. The molecular weight excluding hydrogens is 484 g/mol. The van der Waals surface area contributed by atoms with Crippen molar-refractivity contribution in [1.82, 2.24) is 9.88 Å². The molecule has 0 saturated carbocycles. The summed E-state index contributed by atoms with van der Waals surface area (Å²) in [5, 5.41) is 11.5. The summed E-state index contributed by atoms with van der Waals surface area (Å²) in [5.74, 6) is -2.26. The van der Waals surface area contributed by atoms with Crippen LogP contribution in [0.2, 0.25) is 5.02 Å². The van der Waals surface area contributed by atoms with Gasteiger partial charge >= 0.3 is 11.9 Å². The Morgan fingerprint density at radius 3 is 2.72 bits per heavy atom. The summed E-state index contributed by atoms with van der Waals surface area (Å²) >= 11 is 6.06. The molecule has 0 spiro atoms. The lowest BCUT2D eigenvalue weighted by atomic mass is 9.75. The molecule has 0 radical (unpaired) electrons. The van der Waals surface area contributed by atoms with Crippen LogP contribution in [0, 0.1) is 0 Å². The lowest BCUT2D eigenvalue weighted by molar-refractivity contribution is -0.158. The first-order chi connectivity index (χ1) is 17.3. The van der Waals surface area contributed by atoms with Gasteiger partial charge in [0.15, 0.2) is 5.78 Å². The van der Waals surface area contributed by atoms with Gasteiger partial charge in [-0.15, -0.1) is 0 Å². The number of benzene rings is 2. The molecule has 0 bridgehead atoms. The van der Waals surface area contributed by atoms with Crippen LogP contribution in [0.5, 0.6) is 5.75 Å². The molecule has 0 amide bonds. The minimum absolute atomic E-state index is 0.0267. The van der Waals surface area contributed by atoms with Gasteiger partial charge in [-0.05, 0) is 49.2 Å². The third-order valence-electron chi connectivity index (χ3n) is 6.64. The first-order valence-electron chi connectivity index (χ1n) is 11.4. The number of esters is 2. The summed E-state index contributed by atoms with van der Waals surface area (Å²) in [6.07, 6.45) is 3.42. The van der Waals surface area contributed by atoms with Crippen molar-refractivity contribution in [1.29, 1.82) is 0 Å². The van der Waals surface area contributed by atoms with Gasteiger partial charge in [0.25, 0.3) is 0 Å². The number of allylic oxidation sites excluding steroid dienone is 2. The number of halogens is 1. The van der Waals surface area contributed by atoms with E-state index in [4.69, 9.17) is 21.1 Å². The van der Waals surface area contributed by atoms with Crippen molar-refractivity contribution in [2.75, 3.05) is 20.3 Å². The van der Waals surface area contributed by atoms with E-state index in [-0.39, 0.29) is 34.1 Å². The van der Waals surface area contributed by atoms with Crippen molar-refractivity contribution in [2.24, 2.45) is 0 Å². The van der Waals surface area contributed by atoms with Crippen LogP contribution < -0.4 is 0 Å². The number of nitrogens with zero attached hydrogens (tertiary/aromatic N) is 1. The van der Waals surface area contributed by atoms with Gasteiger partial charge in [0.2, 0.25) is 5.54 Å². The van der Waals surface area contributed by atoms with Crippen LogP contribution in [0.15, 0.2) is 65.9 Å². The lowest BCUT2D eigenvalue weighted by Crippen LogP contribution is -2.58. The standard InChI is InChI=1S/C27H23ClN2O6/c1-3-36-26(34)27-20(25(33)35-2)12-15(23(32)19-13-16(28)8-9-22(19)31)14-30(27)11-10-18-17-6-4-5-7-21(17)29-24(18)27/h4-9,12-14,29,31H,3,10-11H2,1-2H3. The second-order valence-electron chi connectivity index (χ2n) is 8.52. The fourth-order valence-electron chi connectivity index (χ4n) is 5.08. The lowest BCUT2D eigenvalue weighted by Gasteiger charge is -2.46. The number of phenols is 1. The Hall–Kier alpha value is -4.04. The van der Waals surface area contributed by atoms with E-state index in [9.17, 15) is 19.5 Å². The van der Waals surface area contributed by atoms with Crippen molar-refractivity contribution in [2.45, 2.75) is 18.9 Å². The summed E-state index contributed by atoms with van der Waals surface area (Å²) < 4.78 is 10.6. The number of aromatic nitrogens is 1. The molecule has 9 heteroatoms. The monoisotopic (exact) mass is 506 g/mol. The van der Waals surface area contributed by atoms with Crippen LogP contribution in [-0.4, -0.2) is 53.0 Å². The highest BCUT2D eigenvalue weighted by Crippen LogP contribution is 2.48. The number of rotatable bonds is 5. The number of carbonyl (C=O) groups excluding carboxylic acids is 3. The highest BCUT2D eigenvalue weighted by molar-refractivity contribution is 6.31. The number of para-hydroxylation sites is 1. The van der Waals surface area contributed by atoms with E-state index in [1.54, 1.807) is 11.8 Å². The number of H-pyrrole nitrogens is 1. The molecule has 3 heterocycles. The predicted molar refractivity (Wildman–Crippen MR) is 133 cm³/mol. The molecule has 1 unspecified atom stereocenters. The molecular formula is C27H23ClN2O6. The van der Waals surface area contributed by atoms with Crippen molar-refractivity contribution in [3.05, 3.63) is 87.7 Å². The van der Waals surface area contributed by atoms with Crippen molar-refractivity contribution >= 4 is 40.2 Å². The van der Waals surface area contributed by atoms with Crippen molar-refractivity contribution < 1.29 is 29.0 Å². The maximum atomic E-state index is 13.8. The second kappa shape index (κ2) is 8.87. The smallest absolute Gasteiger partial charge is 0.343 e. The number of methoxy groups -OCH3 is 1. The molecule has 3 aromatic rings. The van der Waals surface area contributed by atoms with Gasteiger partial charge in [-0.3, -0.25) is 4.79 Å². The molecule has 5 rings (SSSR count). The number of aromatic amines is 1. The molecule has 8 nitrogen and oxygen atoms in total. The highest BCUT2D eigenvalue weighted by Gasteiger charge is 2.58. The van der Waals surface area contributed by atoms with Crippen LogP contribution in [0.4, 0.5) is 0 Å². The minimum Gasteiger partial charge on any atom is -0.507 e. The van der Waals surface area contributed by atoms with E-state index in [2.05, 4.69) is 4.98 Å². The Kier molecular flexibility index (Phi) is 5.84. The number of hydrogen-bond acceptors (Lipinski definition) is 7. The SMILES string of the molecule is CCOC(=O)C12C(C(=O)OC)=CC(C(=O)c3cc(Cl)ccc3O)=CN1CCc1c2[nH]c2ccccc12. The van der Waals surface area contributed by atoms with Crippen molar-refractivity contribution in [3.63, 3.8) is 0 Å². The quantitative estimate of drug-likeness (QED) is 0.397. The topological polar surface area (TPSA) is 109 Å². The summed E-state index contributed by atoms with van der Waals surface area (Å²) in [5.41, 5.74) is 0.512. The maximum absolute atomic E-state index is 13.8. The predicted octanol–water partition coefficient (Wildman–Crippen LogP) is 4.02. The van der Waals surface area contributed by atoms with E-state index in [1.807, 2.05) is 24.3 Å². The molecule has 0 saturated heterocycles. The Balaban J connectivity index is 1.76. The molecule has 1 aromatic heterocycles. The third kappa shape index (κ3) is 3.40. The fourth-order valence-corrected chi connectivity index (χ4v) is 5.25.